The van der Waals surface area contributed by atoms with Crippen LogP contribution >= 0.6 is 0 Å². The molecule has 0 bridgehead atoms. The molecule has 0 radical (unpaired) electrons. The van der Waals surface area contributed by atoms with Gasteiger partial charge in [0.1, 0.15) is 0 Å². The Morgan fingerprint density at radius 3 is 1.14 bits per heavy atom. The van der Waals surface area contributed by atoms with Crippen molar-refractivity contribution >= 4 is 22.6 Å². The molecule has 9 aromatic rings. The molecule has 0 fully saturated rings. The number of nitrogens with zero attached hydrogens (tertiary/aromatic N) is 4. The van der Waals surface area contributed by atoms with E-state index in [9.17, 15) is 0 Å². The van der Waals surface area contributed by atoms with Crippen LogP contribution in [0.2, 0.25) is 0 Å². The van der Waals surface area contributed by atoms with Gasteiger partial charge in [-0.05, 0) is 91.7 Å². The highest BCUT2D eigenvalue weighted by Gasteiger charge is 2.26. The summed E-state index contributed by atoms with van der Waals surface area (Å²) in [6, 6.07) is 70.8. The monoisotopic (exact) mass is 894 g/mol. The van der Waals surface area contributed by atoms with Gasteiger partial charge in [0.05, 0.1) is 5.69 Å². The van der Waals surface area contributed by atoms with Crippen LogP contribution in [0.25, 0.3) is 73.1 Å². The Morgan fingerprint density at radius 1 is 0.406 bits per heavy atom. The summed E-state index contributed by atoms with van der Waals surface area (Å²) in [4.78, 5) is 18.2. The molecule has 0 saturated carbocycles. The molecule has 1 aromatic heterocycles. The van der Waals surface area contributed by atoms with Gasteiger partial charge in [0.15, 0.2) is 17.5 Å². The Balaban J connectivity index is 1.30. The molecule has 0 aliphatic rings. The summed E-state index contributed by atoms with van der Waals surface area (Å²) < 4.78 is 0. The zero-order valence-electron chi connectivity index (χ0n) is 40.5. The van der Waals surface area contributed by atoms with E-state index < -0.39 is 0 Å². The first-order chi connectivity index (χ1) is 33.4. The van der Waals surface area contributed by atoms with Crippen molar-refractivity contribution in [3.63, 3.8) is 0 Å². The topological polar surface area (TPSA) is 41.9 Å². The fourth-order valence-corrected chi connectivity index (χ4v) is 8.73. The van der Waals surface area contributed by atoms with Crippen molar-refractivity contribution in [3.8, 4) is 67.5 Å². The average Bonchev–Trinajstić information content (AvgIpc) is 3.38. The second-order valence-corrected chi connectivity index (χ2v) is 19.5. The number of rotatable bonds is 12. The number of aromatic nitrogens is 3. The van der Waals surface area contributed by atoms with Crippen molar-refractivity contribution in [2.24, 2.45) is 0 Å². The van der Waals surface area contributed by atoms with Crippen molar-refractivity contribution < 1.29 is 0 Å². The second kappa shape index (κ2) is 19.6. The van der Waals surface area contributed by atoms with E-state index in [1.54, 1.807) is 0 Å². The van der Waals surface area contributed by atoms with Crippen LogP contribution in [0, 0.1) is 0 Å². The van der Waals surface area contributed by atoms with E-state index in [-0.39, 0.29) is 10.8 Å². The first-order valence-electron chi connectivity index (χ1n) is 23.7. The van der Waals surface area contributed by atoms with E-state index >= 15 is 0 Å². The summed E-state index contributed by atoms with van der Waals surface area (Å²) in [5.74, 6) is 1.72. The smallest absolute Gasteiger partial charge is 0.164 e. The SMILES string of the molecule is C=C/C=C(\C=C)c1cc(-c2nc(-c3ccc(-c4ccccc4)cc3)nc(-c3ccc(-c4ccccc4)cc3)n2)cc(-c2ccccc2)c1N(c1ccc(C(C)(C)C)cc1)c1ccc(C(C)(C)C)cc1. The maximum absolute atomic E-state index is 5.33. The lowest BCUT2D eigenvalue weighted by atomic mass is 9.86. The third kappa shape index (κ3) is 10.1. The van der Waals surface area contributed by atoms with Crippen LogP contribution in [-0.4, -0.2) is 15.0 Å². The Bertz CT molecular complexity index is 3090. The largest absolute Gasteiger partial charge is 0.309 e. The maximum Gasteiger partial charge on any atom is 0.164 e. The molecule has 0 N–H and O–H groups in total. The van der Waals surface area contributed by atoms with Gasteiger partial charge in [-0.15, -0.1) is 0 Å². The number of allylic oxidation sites excluding steroid dienone is 4. The highest BCUT2D eigenvalue weighted by Crippen LogP contribution is 2.48. The summed E-state index contributed by atoms with van der Waals surface area (Å²) in [6.45, 7) is 22.1. The van der Waals surface area contributed by atoms with E-state index in [1.807, 2.05) is 30.4 Å². The molecule has 8 aromatic carbocycles. The van der Waals surface area contributed by atoms with Gasteiger partial charge in [0.2, 0.25) is 0 Å². The van der Waals surface area contributed by atoms with Gasteiger partial charge in [-0.2, -0.15) is 0 Å². The van der Waals surface area contributed by atoms with Crippen LogP contribution in [-0.2, 0) is 10.8 Å². The van der Waals surface area contributed by atoms with Crippen molar-refractivity contribution in [2.75, 3.05) is 4.90 Å². The van der Waals surface area contributed by atoms with E-state index in [1.165, 1.54) is 11.1 Å². The Labute approximate surface area is 408 Å². The lowest BCUT2D eigenvalue weighted by Crippen LogP contribution is -2.16. The molecular formula is C65H58N4. The number of anilines is 3. The minimum Gasteiger partial charge on any atom is -0.309 e. The molecule has 0 atom stereocenters. The Hall–Kier alpha value is -8.21. The minimum atomic E-state index is -0.0153. The van der Waals surface area contributed by atoms with Gasteiger partial charge in [-0.3, -0.25) is 0 Å². The maximum atomic E-state index is 5.33. The summed E-state index contributed by atoms with van der Waals surface area (Å²) in [5.41, 5.74) is 16.6. The molecule has 1 heterocycles. The van der Waals surface area contributed by atoms with Gasteiger partial charge < -0.3 is 4.90 Å². The summed E-state index contributed by atoms with van der Waals surface area (Å²) in [7, 11) is 0. The van der Waals surface area contributed by atoms with Gasteiger partial charge in [-0.25, -0.2) is 15.0 Å². The van der Waals surface area contributed by atoms with Crippen LogP contribution in [0.3, 0.4) is 0 Å². The number of hydrogen-bond donors (Lipinski definition) is 0. The molecule has 0 saturated heterocycles. The quantitative estimate of drug-likeness (QED) is 0.115. The molecule has 0 aliphatic heterocycles. The second-order valence-electron chi connectivity index (χ2n) is 19.5. The molecule has 4 heteroatoms. The van der Waals surface area contributed by atoms with Gasteiger partial charge >= 0.3 is 0 Å². The first-order valence-corrected chi connectivity index (χ1v) is 23.7. The lowest BCUT2D eigenvalue weighted by Gasteiger charge is -2.32. The molecular weight excluding hydrogens is 837 g/mol. The lowest BCUT2D eigenvalue weighted by molar-refractivity contribution is 0.590. The predicted molar refractivity (Wildman–Crippen MR) is 293 cm³/mol. The molecule has 69 heavy (non-hydrogen) atoms. The highest BCUT2D eigenvalue weighted by atomic mass is 15.1. The van der Waals surface area contributed by atoms with E-state index in [4.69, 9.17) is 15.0 Å². The number of benzene rings is 8. The molecule has 0 amide bonds. The fourth-order valence-electron chi connectivity index (χ4n) is 8.73. The van der Waals surface area contributed by atoms with E-state index in [0.717, 1.165) is 78.3 Å². The summed E-state index contributed by atoms with van der Waals surface area (Å²) in [5, 5.41) is 0. The fraction of sp³-hybridized carbons (Fsp3) is 0.123. The van der Waals surface area contributed by atoms with Crippen molar-refractivity contribution in [1.82, 2.24) is 15.0 Å². The van der Waals surface area contributed by atoms with Crippen molar-refractivity contribution in [3.05, 3.63) is 248 Å². The zero-order valence-corrected chi connectivity index (χ0v) is 40.5. The third-order valence-corrected chi connectivity index (χ3v) is 12.6. The van der Waals surface area contributed by atoms with Crippen molar-refractivity contribution in [2.45, 2.75) is 52.4 Å². The van der Waals surface area contributed by atoms with E-state index in [0.29, 0.717) is 17.5 Å². The highest BCUT2D eigenvalue weighted by molar-refractivity contribution is 5.99. The third-order valence-electron chi connectivity index (χ3n) is 12.6. The van der Waals surface area contributed by atoms with Crippen LogP contribution in [0.15, 0.2) is 232 Å². The summed E-state index contributed by atoms with van der Waals surface area (Å²) >= 11 is 0. The molecule has 0 spiro atoms. The normalized spacial score (nSPS) is 11.8. The zero-order chi connectivity index (χ0) is 48.1. The van der Waals surface area contributed by atoms with Crippen LogP contribution in [0.5, 0.6) is 0 Å². The van der Waals surface area contributed by atoms with Crippen LogP contribution in [0.4, 0.5) is 17.1 Å². The molecule has 4 nitrogen and oxygen atoms in total. The van der Waals surface area contributed by atoms with Gasteiger partial charge in [0.25, 0.3) is 0 Å². The van der Waals surface area contributed by atoms with Gasteiger partial charge in [0, 0.05) is 39.2 Å². The standard InChI is InChI=1S/C65H58N4/c1-9-20-45(10-2)58-43-53(44-59(50-25-18-13-19-26-50)60(58)69(56-39-35-54(36-40-56)64(3,4)5)57-41-37-55(38-42-57)65(6,7)8)63-67-61(51-31-27-48(28-32-51)46-21-14-11-15-22-46)66-62(68-63)52-33-29-49(30-34-52)47-23-16-12-17-24-47/h9-44H,1-2H2,3-8H3/b45-20+. The molecule has 338 valence electrons. The molecule has 0 unspecified atom stereocenters. The molecule has 9 rings (SSSR count). The van der Waals surface area contributed by atoms with Crippen LogP contribution in [0.1, 0.15) is 58.2 Å². The van der Waals surface area contributed by atoms with Gasteiger partial charge in [-0.1, -0.05) is 237 Å². The first kappa shape index (κ1) is 45.9. The predicted octanol–water partition coefficient (Wildman–Crippen LogP) is 17.7. The number of hydrogen-bond acceptors (Lipinski definition) is 4. The van der Waals surface area contributed by atoms with Crippen LogP contribution < -0.4 is 4.90 Å². The Morgan fingerprint density at radius 2 is 0.768 bits per heavy atom. The summed E-state index contributed by atoms with van der Waals surface area (Å²) in [6.07, 6.45) is 5.77. The molecule has 0 aliphatic carbocycles. The van der Waals surface area contributed by atoms with Crippen molar-refractivity contribution in [1.29, 1.82) is 0 Å². The average molecular weight is 895 g/mol. The minimum absolute atomic E-state index is 0.0153. The Kier molecular flexibility index (Phi) is 13.0. The van der Waals surface area contributed by atoms with E-state index in [2.05, 4.69) is 248 Å².